The van der Waals surface area contributed by atoms with Gasteiger partial charge < -0.3 is 5.32 Å². The SMILES string of the molecule is CCC[C@@H](NC(=O)CN1CCN(S(=O)(=O)c2ccccc2)CC1)c1ccccc1. The number of piperazine rings is 1. The van der Waals surface area contributed by atoms with Crippen LogP contribution in [-0.4, -0.2) is 56.3 Å². The van der Waals surface area contributed by atoms with E-state index in [4.69, 9.17) is 0 Å². The maximum absolute atomic E-state index is 12.7. The lowest BCUT2D eigenvalue weighted by Crippen LogP contribution is -2.51. The van der Waals surface area contributed by atoms with Crippen molar-refractivity contribution in [2.45, 2.75) is 30.7 Å². The molecule has 1 N–H and O–H groups in total. The normalized spacial score (nSPS) is 17.0. The van der Waals surface area contributed by atoms with Crippen molar-refractivity contribution in [3.05, 3.63) is 66.2 Å². The van der Waals surface area contributed by atoms with Gasteiger partial charge in [0, 0.05) is 26.2 Å². The Hall–Kier alpha value is -2.22. The van der Waals surface area contributed by atoms with Crippen molar-refractivity contribution in [2.24, 2.45) is 0 Å². The van der Waals surface area contributed by atoms with Crippen molar-refractivity contribution in [1.82, 2.24) is 14.5 Å². The monoisotopic (exact) mass is 415 g/mol. The Bertz CT molecular complexity index is 880. The molecule has 1 saturated heterocycles. The van der Waals surface area contributed by atoms with Gasteiger partial charge in [-0.3, -0.25) is 9.69 Å². The fourth-order valence-electron chi connectivity index (χ4n) is 3.61. The van der Waals surface area contributed by atoms with Gasteiger partial charge in [-0.1, -0.05) is 61.9 Å². The Kier molecular flexibility index (Phi) is 7.41. The largest absolute Gasteiger partial charge is 0.348 e. The summed E-state index contributed by atoms with van der Waals surface area (Å²) in [6, 6.07) is 18.5. The van der Waals surface area contributed by atoms with Crippen LogP contribution in [0.15, 0.2) is 65.6 Å². The number of carbonyl (C=O) groups is 1. The van der Waals surface area contributed by atoms with E-state index in [1.165, 1.54) is 4.31 Å². The fraction of sp³-hybridized carbons (Fsp3) is 0.409. The van der Waals surface area contributed by atoms with E-state index in [-0.39, 0.29) is 18.5 Å². The average molecular weight is 416 g/mol. The third-order valence-corrected chi connectivity index (χ3v) is 7.11. The second-order valence-electron chi connectivity index (χ2n) is 7.31. The highest BCUT2D eigenvalue weighted by Gasteiger charge is 2.29. The van der Waals surface area contributed by atoms with Crippen molar-refractivity contribution in [3.8, 4) is 0 Å². The van der Waals surface area contributed by atoms with E-state index >= 15 is 0 Å². The summed E-state index contributed by atoms with van der Waals surface area (Å²) in [5, 5.41) is 3.14. The van der Waals surface area contributed by atoms with E-state index in [0.717, 1.165) is 18.4 Å². The summed E-state index contributed by atoms with van der Waals surface area (Å²) in [5.74, 6) is -0.0216. The summed E-state index contributed by atoms with van der Waals surface area (Å²) < 4.78 is 26.9. The quantitative estimate of drug-likeness (QED) is 0.720. The molecule has 0 aromatic heterocycles. The number of nitrogens with zero attached hydrogens (tertiary/aromatic N) is 2. The highest BCUT2D eigenvalue weighted by molar-refractivity contribution is 7.89. The van der Waals surface area contributed by atoms with Crippen LogP contribution in [0.3, 0.4) is 0 Å². The zero-order valence-corrected chi connectivity index (χ0v) is 17.6. The number of hydrogen-bond donors (Lipinski definition) is 1. The second-order valence-corrected chi connectivity index (χ2v) is 9.25. The highest BCUT2D eigenvalue weighted by Crippen LogP contribution is 2.19. The maximum atomic E-state index is 12.7. The first-order valence-corrected chi connectivity index (χ1v) is 11.6. The Morgan fingerprint density at radius 2 is 1.55 bits per heavy atom. The first-order chi connectivity index (χ1) is 14.0. The van der Waals surface area contributed by atoms with Crippen molar-refractivity contribution >= 4 is 15.9 Å². The molecule has 0 bridgehead atoms. The van der Waals surface area contributed by atoms with Gasteiger partial charge in [-0.15, -0.1) is 0 Å². The molecule has 1 atom stereocenters. The van der Waals surface area contributed by atoms with Crippen molar-refractivity contribution in [2.75, 3.05) is 32.7 Å². The molecule has 1 aliphatic heterocycles. The first-order valence-electron chi connectivity index (χ1n) is 10.1. The Morgan fingerprint density at radius 1 is 0.966 bits per heavy atom. The van der Waals surface area contributed by atoms with Crippen molar-refractivity contribution in [3.63, 3.8) is 0 Å². The van der Waals surface area contributed by atoms with Crippen LogP contribution in [0.25, 0.3) is 0 Å². The lowest BCUT2D eigenvalue weighted by atomic mass is 10.0. The standard InChI is InChI=1S/C22H29N3O3S/c1-2-9-21(19-10-5-3-6-11-19)23-22(26)18-24-14-16-25(17-15-24)29(27,28)20-12-7-4-8-13-20/h3-8,10-13,21H,2,9,14-18H2,1H3,(H,23,26)/t21-/m1/s1. The molecular weight excluding hydrogens is 386 g/mol. The zero-order valence-electron chi connectivity index (χ0n) is 16.8. The minimum Gasteiger partial charge on any atom is -0.348 e. The van der Waals surface area contributed by atoms with Gasteiger partial charge in [0.05, 0.1) is 17.5 Å². The molecular formula is C22H29N3O3S. The van der Waals surface area contributed by atoms with Crippen LogP contribution < -0.4 is 5.32 Å². The molecule has 1 fully saturated rings. The second kappa shape index (κ2) is 10.0. The molecule has 0 spiro atoms. The fourth-order valence-corrected chi connectivity index (χ4v) is 5.05. The number of carbonyl (C=O) groups excluding carboxylic acids is 1. The van der Waals surface area contributed by atoms with Gasteiger partial charge in [-0.2, -0.15) is 4.31 Å². The van der Waals surface area contributed by atoms with E-state index in [9.17, 15) is 13.2 Å². The number of benzene rings is 2. The number of hydrogen-bond acceptors (Lipinski definition) is 4. The molecule has 0 aliphatic carbocycles. The Labute approximate surface area is 173 Å². The molecule has 1 aliphatic rings. The Balaban J connectivity index is 1.53. The summed E-state index contributed by atoms with van der Waals surface area (Å²) in [6.45, 7) is 4.26. The van der Waals surface area contributed by atoms with Gasteiger partial charge in [-0.25, -0.2) is 8.42 Å². The summed E-state index contributed by atoms with van der Waals surface area (Å²) >= 11 is 0. The molecule has 7 heteroatoms. The molecule has 1 amide bonds. The summed E-state index contributed by atoms with van der Waals surface area (Å²) in [4.78, 5) is 14.9. The van der Waals surface area contributed by atoms with E-state index in [1.54, 1.807) is 30.3 Å². The van der Waals surface area contributed by atoms with Crippen LogP contribution in [0.2, 0.25) is 0 Å². The van der Waals surface area contributed by atoms with E-state index in [2.05, 4.69) is 12.2 Å². The summed E-state index contributed by atoms with van der Waals surface area (Å²) in [5.41, 5.74) is 1.11. The molecule has 0 radical (unpaired) electrons. The molecule has 0 saturated carbocycles. The lowest BCUT2D eigenvalue weighted by Gasteiger charge is -2.33. The topological polar surface area (TPSA) is 69.7 Å². The van der Waals surface area contributed by atoms with Gasteiger partial charge in [0.25, 0.3) is 0 Å². The summed E-state index contributed by atoms with van der Waals surface area (Å²) in [7, 11) is -3.47. The van der Waals surface area contributed by atoms with Crippen molar-refractivity contribution in [1.29, 1.82) is 0 Å². The average Bonchev–Trinajstić information content (AvgIpc) is 2.75. The van der Waals surface area contributed by atoms with Gasteiger partial charge in [-0.05, 0) is 24.1 Å². The molecule has 2 aromatic carbocycles. The van der Waals surface area contributed by atoms with E-state index < -0.39 is 10.0 Å². The maximum Gasteiger partial charge on any atom is 0.243 e. The number of sulfonamides is 1. The van der Waals surface area contributed by atoms with Gasteiger partial charge in [0.15, 0.2) is 0 Å². The minimum absolute atomic E-state index is 0.00782. The Morgan fingerprint density at radius 3 is 2.14 bits per heavy atom. The molecule has 29 heavy (non-hydrogen) atoms. The van der Waals surface area contributed by atoms with Crippen LogP contribution in [0, 0.1) is 0 Å². The minimum atomic E-state index is -3.47. The molecule has 3 rings (SSSR count). The van der Waals surface area contributed by atoms with E-state index in [0.29, 0.717) is 31.1 Å². The molecule has 1 heterocycles. The van der Waals surface area contributed by atoms with Crippen LogP contribution in [0.5, 0.6) is 0 Å². The lowest BCUT2D eigenvalue weighted by molar-refractivity contribution is -0.123. The number of amides is 1. The molecule has 156 valence electrons. The van der Waals surface area contributed by atoms with Crippen molar-refractivity contribution < 1.29 is 13.2 Å². The van der Waals surface area contributed by atoms with Crippen LogP contribution >= 0.6 is 0 Å². The predicted molar refractivity (Wildman–Crippen MR) is 114 cm³/mol. The molecule has 0 unspecified atom stereocenters. The first kappa shape index (κ1) is 21.5. The smallest absolute Gasteiger partial charge is 0.243 e. The summed E-state index contributed by atoms with van der Waals surface area (Å²) in [6.07, 6.45) is 1.87. The molecule has 2 aromatic rings. The van der Waals surface area contributed by atoms with Gasteiger partial charge in [0.1, 0.15) is 0 Å². The highest BCUT2D eigenvalue weighted by atomic mass is 32.2. The predicted octanol–water partition coefficient (Wildman–Crippen LogP) is 2.65. The van der Waals surface area contributed by atoms with Crippen LogP contribution in [-0.2, 0) is 14.8 Å². The number of nitrogens with one attached hydrogen (secondary N) is 1. The third kappa shape index (κ3) is 5.65. The van der Waals surface area contributed by atoms with E-state index in [1.807, 2.05) is 35.2 Å². The van der Waals surface area contributed by atoms with Crippen LogP contribution in [0.1, 0.15) is 31.4 Å². The number of rotatable bonds is 8. The van der Waals surface area contributed by atoms with Crippen LogP contribution in [0.4, 0.5) is 0 Å². The molecule has 6 nitrogen and oxygen atoms in total. The zero-order chi connectivity index (χ0) is 20.7. The van der Waals surface area contributed by atoms with Gasteiger partial charge in [0.2, 0.25) is 15.9 Å². The van der Waals surface area contributed by atoms with Gasteiger partial charge >= 0.3 is 0 Å². The third-order valence-electron chi connectivity index (χ3n) is 5.19.